The van der Waals surface area contributed by atoms with E-state index in [1.54, 1.807) is 6.07 Å². The first-order chi connectivity index (χ1) is 7.47. The van der Waals surface area contributed by atoms with Gasteiger partial charge in [-0.3, -0.25) is 4.90 Å². The Morgan fingerprint density at radius 2 is 1.94 bits per heavy atom. The standard InChI is InChI=1S/C11H11ClF3N/c12-10-3-2-8(7-16-4-1-5-16)6-9(10)11(13,14)15/h2-3,6H,1,4-5,7H2. The minimum atomic E-state index is -4.37. The molecule has 1 heterocycles. The van der Waals surface area contributed by atoms with Crippen LogP contribution in [0.3, 0.4) is 0 Å². The van der Waals surface area contributed by atoms with Crippen LogP contribution in [0.25, 0.3) is 0 Å². The first-order valence-corrected chi connectivity index (χ1v) is 5.42. The molecule has 16 heavy (non-hydrogen) atoms. The van der Waals surface area contributed by atoms with Crippen molar-refractivity contribution in [2.24, 2.45) is 0 Å². The lowest BCUT2D eigenvalue weighted by atomic mass is 10.1. The fourth-order valence-electron chi connectivity index (χ4n) is 1.69. The summed E-state index contributed by atoms with van der Waals surface area (Å²) in [5.41, 5.74) is -0.0800. The first-order valence-electron chi connectivity index (χ1n) is 5.05. The zero-order valence-corrected chi connectivity index (χ0v) is 9.28. The molecule has 1 aromatic rings. The van der Waals surface area contributed by atoms with E-state index in [9.17, 15) is 13.2 Å². The molecular weight excluding hydrogens is 239 g/mol. The van der Waals surface area contributed by atoms with Gasteiger partial charge in [-0.1, -0.05) is 17.7 Å². The number of benzene rings is 1. The van der Waals surface area contributed by atoms with Crippen molar-refractivity contribution in [2.75, 3.05) is 13.1 Å². The van der Waals surface area contributed by atoms with Crippen molar-refractivity contribution in [1.82, 2.24) is 4.90 Å². The van der Waals surface area contributed by atoms with E-state index in [1.165, 1.54) is 6.07 Å². The molecule has 0 spiro atoms. The van der Waals surface area contributed by atoms with E-state index in [0.29, 0.717) is 12.1 Å². The molecule has 88 valence electrons. The molecule has 0 unspecified atom stereocenters. The van der Waals surface area contributed by atoms with Crippen molar-refractivity contribution in [3.05, 3.63) is 34.3 Å². The monoisotopic (exact) mass is 249 g/mol. The minimum absolute atomic E-state index is 0.236. The van der Waals surface area contributed by atoms with Gasteiger partial charge in [-0.25, -0.2) is 0 Å². The molecule has 0 atom stereocenters. The second-order valence-electron chi connectivity index (χ2n) is 3.94. The summed E-state index contributed by atoms with van der Waals surface area (Å²) in [6, 6.07) is 4.11. The predicted octanol–water partition coefficient (Wildman–Crippen LogP) is 3.56. The Hall–Kier alpha value is -0.740. The first kappa shape index (κ1) is 11.7. The normalized spacial score (nSPS) is 17.2. The number of hydrogen-bond donors (Lipinski definition) is 0. The fraction of sp³-hybridized carbons (Fsp3) is 0.455. The third-order valence-corrected chi connectivity index (χ3v) is 3.02. The Morgan fingerprint density at radius 1 is 1.25 bits per heavy atom. The van der Waals surface area contributed by atoms with E-state index in [-0.39, 0.29) is 5.02 Å². The predicted molar refractivity (Wildman–Crippen MR) is 56.3 cm³/mol. The highest BCUT2D eigenvalue weighted by atomic mass is 35.5. The van der Waals surface area contributed by atoms with Crippen LogP contribution < -0.4 is 0 Å². The highest BCUT2D eigenvalue weighted by Gasteiger charge is 2.33. The number of halogens is 4. The van der Waals surface area contributed by atoms with Crippen molar-refractivity contribution < 1.29 is 13.2 Å². The van der Waals surface area contributed by atoms with Gasteiger partial charge in [0.15, 0.2) is 0 Å². The lowest BCUT2D eigenvalue weighted by Gasteiger charge is -2.30. The number of nitrogens with zero attached hydrogens (tertiary/aromatic N) is 1. The maximum atomic E-state index is 12.6. The summed E-state index contributed by atoms with van der Waals surface area (Å²) in [5, 5.41) is -0.236. The summed E-state index contributed by atoms with van der Waals surface area (Å²) in [6.07, 6.45) is -3.25. The molecule has 1 saturated heterocycles. The lowest BCUT2D eigenvalue weighted by molar-refractivity contribution is -0.137. The number of alkyl halides is 3. The molecule has 5 heteroatoms. The van der Waals surface area contributed by atoms with Crippen LogP contribution in [0.2, 0.25) is 5.02 Å². The van der Waals surface area contributed by atoms with Crippen LogP contribution in [0.1, 0.15) is 17.5 Å². The van der Waals surface area contributed by atoms with Crippen molar-refractivity contribution in [3.8, 4) is 0 Å². The molecule has 0 bridgehead atoms. The second kappa shape index (κ2) is 4.26. The van der Waals surface area contributed by atoms with Crippen LogP contribution >= 0.6 is 11.6 Å². The molecular formula is C11H11ClF3N. The van der Waals surface area contributed by atoms with Gasteiger partial charge in [-0.2, -0.15) is 13.2 Å². The molecule has 1 nitrogen and oxygen atoms in total. The Balaban J connectivity index is 2.20. The molecule has 1 aliphatic heterocycles. The molecule has 1 aromatic carbocycles. The van der Waals surface area contributed by atoms with E-state index >= 15 is 0 Å². The van der Waals surface area contributed by atoms with Crippen LogP contribution in [-0.4, -0.2) is 18.0 Å². The van der Waals surface area contributed by atoms with Crippen molar-refractivity contribution >= 4 is 11.6 Å². The molecule has 0 aromatic heterocycles. The van der Waals surface area contributed by atoms with Gasteiger partial charge >= 0.3 is 6.18 Å². The third kappa shape index (κ3) is 2.50. The van der Waals surface area contributed by atoms with E-state index in [1.807, 2.05) is 0 Å². The summed E-state index contributed by atoms with van der Waals surface area (Å²) in [5.74, 6) is 0. The molecule has 2 rings (SSSR count). The lowest BCUT2D eigenvalue weighted by Crippen LogP contribution is -2.36. The van der Waals surface area contributed by atoms with Gasteiger partial charge in [-0.05, 0) is 37.2 Å². The van der Waals surface area contributed by atoms with Crippen molar-refractivity contribution in [1.29, 1.82) is 0 Å². The molecule has 0 aliphatic carbocycles. The largest absolute Gasteiger partial charge is 0.417 e. The third-order valence-electron chi connectivity index (χ3n) is 2.69. The highest BCUT2D eigenvalue weighted by Crippen LogP contribution is 2.35. The Labute approximate surface area is 96.8 Å². The number of rotatable bonds is 2. The SMILES string of the molecule is FC(F)(F)c1cc(CN2CCC2)ccc1Cl. The Bertz CT molecular complexity index is 385. The fourth-order valence-corrected chi connectivity index (χ4v) is 1.91. The molecule has 0 N–H and O–H groups in total. The Kier molecular flexibility index (Phi) is 3.13. The van der Waals surface area contributed by atoms with Crippen LogP contribution in [0.5, 0.6) is 0 Å². The maximum absolute atomic E-state index is 12.6. The van der Waals surface area contributed by atoms with Crippen LogP contribution in [0.4, 0.5) is 13.2 Å². The topological polar surface area (TPSA) is 3.24 Å². The summed E-state index contributed by atoms with van der Waals surface area (Å²) in [7, 11) is 0. The Morgan fingerprint density at radius 3 is 2.44 bits per heavy atom. The molecule has 0 saturated carbocycles. The number of likely N-dealkylation sites (tertiary alicyclic amines) is 1. The van der Waals surface area contributed by atoms with Crippen molar-refractivity contribution in [3.63, 3.8) is 0 Å². The maximum Gasteiger partial charge on any atom is 0.417 e. The van der Waals surface area contributed by atoms with E-state index in [4.69, 9.17) is 11.6 Å². The van der Waals surface area contributed by atoms with Gasteiger partial charge in [0.2, 0.25) is 0 Å². The summed E-state index contributed by atoms with van der Waals surface area (Å²) >= 11 is 5.53. The van der Waals surface area contributed by atoms with Gasteiger partial charge in [0, 0.05) is 6.54 Å². The van der Waals surface area contributed by atoms with E-state index < -0.39 is 11.7 Å². The second-order valence-corrected chi connectivity index (χ2v) is 4.35. The summed E-state index contributed by atoms with van der Waals surface area (Å²) in [4.78, 5) is 2.10. The summed E-state index contributed by atoms with van der Waals surface area (Å²) < 4.78 is 37.7. The van der Waals surface area contributed by atoms with E-state index in [2.05, 4.69) is 4.90 Å². The zero-order valence-electron chi connectivity index (χ0n) is 8.52. The molecule has 1 fully saturated rings. The average molecular weight is 250 g/mol. The number of hydrogen-bond acceptors (Lipinski definition) is 1. The zero-order chi connectivity index (χ0) is 11.8. The smallest absolute Gasteiger partial charge is 0.299 e. The van der Waals surface area contributed by atoms with Gasteiger partial charge < -0.3 is 0 Å². The van der Waals surface area contributed by atoms with Crippen LogP contribution in [0.15, 0.2) is 18.2 Å². The summed E-state index contributed by atoms with van der Waals surface area (Å²) in [6.45, 7) is 2.49. The van der Waals surface area contributed by atoms with Gasteiger partial charge in [0.25, 0.3) is 0 Å². The molecule has 0 radical (unpaired) electrons. The van der Waals surface area contributed by atoms with Crippen LogP contribution in [0, 0.1) is 0 Å². The quantitative estimate of drug-likeness (QED) is 0.775. The van der Waals surface area contributed by atoms with Gasteiger partial charge in [-0.15, -0.1) is 0 Å². The molecule has 1 aliphatic rings. The highest BCUT2D eigenvalue weighted by molar-refractivity contribution is 6.31. The van der Waals surface area contributed by atoms with Gasteiger partial charge in [0.05, 0.1) is 10.6 Å². The minimum Gasteiger partial charge on any atom is -0.299 e. The van der Waals surface area contributed by atoms with Gasteiger partial charge in [0.1, 0.15) is 0 Å². The van der Waals surface area contributed by atoms with E-state index in [0.717, 1.165) is 25.6 Å². The van der Waals surface area contributed by atoms with Crippen molar-refractivity contribution in [2.45, 2.75) is 19.1 Å². The molecule has 0 amide bonds. The average Bonchev–Trinajstić information content (AvgIpc) is 2.12. The van der Waals surface area contributed by atoms with Crippen LogP contribution in [-0.2, 0) is 12.7 Å².